The van der Waals surface area contributed by atoms with Gasteiger partial charge in [-0.15, -0.1) is 0 Å². The second-order valence-corrected chi connectivity index (χ2v) is 9.94. The predicted molar refractivity (Wildman–Crippen MR) is 124 cm³/mol. The summed E-state index contributed by atoms with van der Waals surface area (Å²) in [5.74, 6) is 1.15. The lowest BCUT2D eigenvalue weighted by molar-refractivity contribution is 0.125. The van der Waals surface area contributed by atoms with Crippen LogP contribution in [0.4, 0.5) is 4.79 Å². The third kappa shape index (κ3) is 5.75. The van der Waals surface area contributed by atoms with Crippen molar-refractivity contribution in [2.75, 3.05) is 11.2 Å². The first-order chi connectivity index (χ1) is 13.8. The first kappa shape index (κ1) is 22.2. The van der Waals surface area contributed by atoms with Crippen molar-refractivity contribution in [2.24, 2.45) is 0 Å². The molecule has 1 N–H and O–H groups in total. The summed E-state index contributed by atoms with van der Waals surface area (Å²) in [4.78, 5) is 12.4. The Bertz CT molecular complexity index is 1040. The molecule has 1 amide bonds. The Balaban J connectivity index is 1.80. The van der Waals surface area contributed by atoms with E-state index in [0.29, 0.717) is 21.5 Å². The van der Waals surface area contributed by atoms with Gasteiger partial charge in [0.05, 0.1) is 4.90 Å². The van der Waals surface area contributed by atoms with Crippen LogP contribution in [0.2, 0.25) is 0 Å². The molecule has 0 aromatic heterocycles. The fourth-order valence-corrected chi connectivity index (χ4v) is 3.98. The van der Waals surface area contributed by atoms with Gasteiger partial charge in [0.1, 0.15) is 6.10 Å². The monoisotopic (exact) mass is 641 g/mol. The van der Waals surface area contributed by atoms with Crippen LogP contribution >= 0.6 is 45.2 Å². The van der Waals surface area contributed by atoms with Gasteiger partial charge in [0.2, 0.25) is 6.79 Å². The number of carbonyl (C=O) groups is 1. The number of hydrogen-bond acceptors (Lipinski definition) is 6. The highest BCUT2D eigenvalue weighted by Crippen LogP contribution is 2.36. The summed E-state index contributed by atoms with van der Waals surface area (Å²) in [7, 11) is -4.04. The molecule has 2 aromatic rings. The summed E-state index contributed by atoms with van der Waals surface area (Å²) in [5, 5.41) is 0. The van der Waals surface area contributed by atoms with Gasteiger partial charge in [-0.3, -0.25) is 0 Å². The normalized spacial score (nSPS) is 14.4. The summed E-state index contributed by atoms with van der Waals surface area (Å²) in [5.41, 5.74) is 1.55. The van der Waals surface area contributed by atoms with Crippen LogP contribution in [0.25, 0.3) is 0 Å². The molecule has 0 radical (unpaired) electrons. The smallest absolute Gasteiger partial charge is 0.422 e. The average molecular weight is 641 g/mol. The van der Waals surface area contributed by atoms with Gasteiger partial charge >= 0.3 is 6.09 Å². The molecule has 0 fully saturated rings. The Morgan fingerprint density at radius 3 is 2.59 bits per heavy atom. The van der Waals surface area contributed by atoms with Gasteiger partial charge in [0, 0.05) is 13.6 Å². The van der Waals surface area contributed by atoms with Crippen molar-refractivity contribution in [2.45, 2.75) is 17.9 Å². The Morgan fingerprint density at radius 2 is 1.90 bits per heavy atom. The number of amides is 1. The zero-order valence-electron chi connectivity index (χ0n) is 15.2. The first-order valence-corrected chi connectivity index (χ1v) is 12.5. The molecule has 0 saturated heterocycles. The number of hydrogen-bond donors (Lipinski definition) is 1. The molecule has 7 nitrogen and oxygen atoms in total. The summed E-state index contributed by atoms with van der Waals surface area (Å²) < 4.78 is 44.6. The molecule has 0 spiro atoms. The minimum Gasteiger partial charge on any atom is -0.454 e. The van der Waals surface area contributed by atoms with Gasteiger partial charge < -0.3 is 14.2 Å². The van der Waals surface area contributed by atoms with E-state index >= 15 is 0 Å². The minimum atomic E-state index is -4.04. The number of sulfonamides is 1. The highest BCUT2D eigenvalue weighted by Gasteiger charge is 2.23. The molecular weight excluding hydrogens is 624 g/mol. The molecule has 1 atom stereocenters. The molecule has 1 aliphatic rings. The van der Waals surface area contributed by atoms with Crippen LogP contribution in [-0.4, -0.2) is 25.7 Å². The van der Waals surface area contributed by atoms with E-state index in [0.717, 1.165) is 9.14 Å². The highest BCUT2D eigenvalue weighted by atomic mass is 127. The zero-order chi connectivity index (χ0) is 21.0. The van der Waals surface area contributed by atoms with Crippen molar-refractivity contribution in [3.63, 3.8) is 0 Å². The molecule has 0 saturated carbocycles. The van der Waals surface area contributed by atoms with Gasteiger partial charge in [-0.2, -0.15) is 0 Å². The van der Waals surface area contributed by atoms with Crippen molar-refractivity contribution >= 4 is 61.3 Å². The second kappa shape index (κ2) is 9.51. The number of carbonyl (C=O) groups excluding carboxylic acids is 1. The van der Waals surface area contributed by atoms with Gasteiger partial charge in [-0.05, 0) is 59.9 Å². The van der Waals surface area contributed by atoms with Crippen molar-refractivity contribution in [1.82, 2.24) is 4.72 Å². The van der Waals surface area contributed by atoms with Crippen molar-refractivity contribution in [1.29, 1.82) is 0 Å². The average Bonchev–Trinajstić information content (AvgIpc) is 3.15. The van der Waals surface area contributed by atoms with E-state index in [1.807, 2.05) is 11.6 Å². The van der Waals surface area contributed by atoms with Crippen LogP contribution < -0.4 is 14.2 Å². The summed E-state index contributed by atoms with van der Waals surface area (Å²) in [6, 6.07) is 11.3. The molecule has 1 aliphatic heterocycles. The van der Waals surface area contributed by atoms with E-state index < -0.39 is 22.2 Å². The molecule has 3 rings (SSSR count). The van der Waals surface area contributed by atoms with Crippen molar-refractivity contribution in [3.8, 4) is 11.5 Å². The van der Waals surface area contributed by atoms with Crippen LogP contribution in [0.3, 0.4) is 0 Å². The van der Waals surface area contributed by atoms with E-state index in [4.69, 9.17) is 14.2 Å². The molecule has 29 heavy (non-hydrogen) atoms. The molecule has 1 heterocycles. The standard InChI is InChI=1S/C19H17I2NO6S/c1-12-2-5-15(6-3-12)29(24,25)22-19(23)28-17(9-14(21)10-20)13-4-7-16-18(8-13)27-11-26-16/h2-9,17H,10-11H2,1H3,(H,22,23)/b14-9-. The van der Waals surface area contributed by atoms with Gasteiger partial charge in [-0.1, -0.05) is 46.4 Å². The number of alkyl halides is 1. The zero-order valence-corrected chi connectivity index (χ0v) is 20.4. The van der Waals surface area contributed by atoms with E-state index in [1.165, 1.54) is 12.1 Å². The fraction of sp³-hybridized carbons (Fsp3) is 0.211. The maximum Gasteiger partial charge on any atom is 0.422 e. The molecule has 0 aliphatic carbocycles. The molecular formula is C19H17I2NO6S. The van der Waals surface area contributed by atoms with Crippen LogP contribution in [-0.2, 0) is 14.8 Å². The quantitative estimate of drug-likeness (QED) is 0.366. The molecule has 2 aromatic carbocycles. The number of benzene rings is 2. The lowest BCUT2D eigenvalue weighted by Gasteiger charge is -2.17. The third-order valence-corrected chi connectivity index (χ3v) is 8.32. The molecule has 154 valence electrons. The summed E-state index contributed by atoms with van der Waals surface area (Å²) in [6.45, 7) is 1.97. The maximum absolute atomic E-state index is 12.4. The number of ether oxygens (including phenoxy) is 3. The first-order valence-electron chi connectivity index (χ1n) is 8.40. The maximum atomic E-state index is 12.4. The molecule has 1 unspecified atom stereocenters. The summed E-state index contributed by atoms with van der Waals surface area (Å²) in [6.07, 6.45) is -0.107. The number of rotatable bonds is 6. The van der Waals surface area contributed by atoms with Gasteiger partial charge in [0.25, 0.3) is 10.0 Å². The van der Waals surface area contributed by atoms with E-state index in [9.17, 15) is 13.2 Å². The van der Waals surface area contributed by atoms with Crippen molar-refractivity contribution < 1.29 is 27.4 Å². The number of halogens is 2. The number of aryl methyl sites for hydroxylation is 1. The largest absolute Gasteiger partial charge is 0.454 e. The minimum absolute atomic E-state index is 0.0166. The summed E-state index contributed by atoms with van der Waals surface area (Å²) >= 11 is 4.33. The van der Waals surface area contributed by atoms with Gasteiger partial charge in [-0.25, -0.2) is 17.9 Å². The van der Waals surface area contributed by atoms with Crippen LogP contribution in [0.1, 0.15) is 17.2 Å². The Labute approximate surface area is 196 Å². The number of nitrogens with one attached hydrogen (secondary N) is 1. The van der Waals surface area contributed by atoms with Crippen molar-refractivity contribution in [3.05, 3.63) is 63.2 Å². The van der Waals surface area contributed by atoms with E-state index in [2.05, 4.69) is 45.2 Å². The SMILES string of the molecule is Cc1ccc(S(=O)(=O)NC(=O)OC(/C=C(\I)CI)c2ccc3c(c2)OCO3)cc1. The second-order valence-electron chi connectivity index (χ2n) is 6.10. The number of fused-ring (bicyclic) bond motifs is 1. The fourth-order valence-electron chi connectivity index (χ4n) is 2.52. The Hall–Kier alpha value is -1.54. The lowest BCUT2D eigenvalue weighted by Crippen LogP contribution is -2.32. The van der Waals surface area contributed by atoms with Crippen LogP contribution in [0.15, 0.2) is 57.0 Å². The van der Waals surface area contributed by atoms with E-state index in [1.54, 1.807) is 36.4 Å². The highest BCUT2D eigenvalue weighted by molar-refractivity contribution is 14.1. The van der Waals surface area contributed by atoms with Gasteiger partial charge in [0.15, 0.2) is 11.5 Å². The van der Waals surface area contributed by atoms with Crippen LogP contribution in [0, 0.1) is 6.92 Å². The lowest BCUT2D eigenvalue weighted by atomic mass is 10.1. The Kier molecular flexibility index (Phi) is 7.27. The topological polar surface area (TPSA) is 90.9 Å². The molecule has 0 bridgehead atoms. The Morgan fingerprint density at radius 1 is 1.21 bits per heavy atom. The third-order valence-electron chi connectivity index (χ3n) is 3.97. The predicted octanol–water partition coefficient (Wildman–Crippen LogP) is 4.63. The van der Waals surface area contributed by atoms with Crippen LogP contribution in [0.5, 0.6) is 11.5 Å². The number of allylic oxidation sites excluding steroid dienone is 1. The molecule has 10 heteroatoms. The van der Waals surface area contributed by atoms with E-state index in [-0.39, 0.29) is 11.7 Å².